The summed E-state index contributed by atoms with van der Waals surface area (Å²) in [7, 11) is 0. The molecule has 5 heteroatoms. The number of hydrogen-bond donors (Lipinski definition) is 1. The SMILES string of the molecule is C[C@H](C=O)[C@@H]1OC(=O)OC1(C)CN. The van der Waals surface area contributed by atoms with Crippen LogP contribution in [-0.2, 0) is 14.3 Å². The summed E-state index contributed by atoms with van der Waals surface area (Å²) < 4.78 is 9.74. The van der Waals surface area contributed by atoms with E-state index in [1.54, 1.807) is 13.8 Å². The molecule has 0 saturated carbocycles. The number of ether oxygens (including phenoxy) is 2. The van der Waals surface area contributed by atoms with Gasteiger partial charge in [0.15, 0.2) is 11.7 Å². The summed E-state index contributed by atoms with van der Waals surface area (Å²) in [5.41, 5.74) is 4.56. The lowest BCUT2D eigenvalue weighted by Crippen LogP contribution is -2.47. The average molecular weight is 187 g/mol. The van der Waals surface area contributed by atoms with E-state index in [0.29, 0.717) is 0 Å². The van der Waals surface area contributed by atoms with E-state index in [1.807, 2.05) is 0 Å². The Morgan fingerprint density at radius 2 is 2.38 bits per heavy atom. The van der Waals surface area contributed by atoms with Crippen LogP contribution >= 0.6 is 0 Å². The van der Waals surface area contributed by atoms with Gasteiger partial charge >= 0.3 is 6.16 Å². The quantitative estimate of drug-likeness (QED) is 0.499. The average Bonchev–Trinajstić information content (AvgIpc) is 2.41. The molecule has 5 nitrogen and oxygen atoms in total. The van der Waals surface area contributed by atoms with Crippen molar-refractivity contribution >= 4 is 12.4 Å². The molecule has 0 aromatic rings. The van der Waals surface area contributed by atoms with Crippen LogP contribution < -0.4 is 5.73 Å². The van der Waals surface area contributed by atoms with Gasteiger partial charge in [-0.1, -0.05) is 6.92 Å². The molecule has 2 N–H and O–H groups in total. The number of carbonyl (C=O) groups is 2. The van der Waals surface area contributed by atoms with Crippen molar-refractivity contribution < 1.29 is 19.1 Å². The van der Waals surface area contributed by atoms with E-state index in [1.165, 1.54) is 0 Å². The van der Waals surface area contributed by atoms with Crippen LogP contribution in [0, 0.1) is 5.92 Å². The highest BCUT2D eigenvalue weighted by Crippen LogP contribution is 2.30. The van der Waals surface area contributed by atoms with Gasteiger partial charge in [-0.2, -0.15) is 0 Å². The van der Waals surface area contributed by atoms with Crippen LogP contribution in [0.4, 0.5) is 4.79 Å². The van der Waals surface area contributed by atoms with Crippen molar-refractivity contribution in [2.24, 2.45) is 11.7 Å². The molecule has 0 aliphatic carbocycles. The molecule has 0 radical (unpaired) electrons. The molecule has 0 aromatic carbocycles. The zero-order chi connectivity index (χ0) is 10.1. The second-order valence-electron chi connectivity index (χ2n) is 3.40. The maximum atomic E-state index is 10.8. The predicted octanol–water partition coefficient (Wildman–Crippen LogP) is 0.0742. The maximum absolute atomic E-state index is 10.8. The predicted molar refractivity (Wildman–Crippen MR) is 44.0 cm³/mol. The van der Waals surface area contributed by atoms with Gasteiger partial charge in [-0.3, -0.25) is 0 Å². The summed E-state index contributed by atoms with van der Waals surface area (Å²) in [6.07, 6.45) is -0.616. The van der Waals surface area contributed by atoms with Crippen molar-refractivity contribution in [3.05, 3.63) is 0 Å². The van der Waals surface area contributed by atoms with Crippen LogP contribution in [-0.4, -0.2) is 30.7 Å². The fourth-order valence-electron chi connectivity index (χ4n) is 1.39. The maximum Gasteiger partial charge on any atom is 0.509 e. The van der Waals surface area contributed by atoms with Crippen molar-refractivity contribution in [3.63, 3.8) is 0 Å². The summed E-state index contributed by atoms with van der Waals surface area (Å²) >= 11 is 0. The minimum atomic E-state index is -0.878. The highest BCUT2D eigenvalue weighted by Gasteiger charge is 2.49. The Kier molecular flexibility index (Phi) is 2.56. The highest BCUT2D eigenvalue weighted by molar-refractivity contribution is 5.65. The largest absolute Gasteiger partial charge is 0.509 e. The van der Waals surface area contributed by atoms with Crippen molar-refractivity contribution in [2.75, 3.05) is 6.54 Å². The van der Waals surface area contributed by atoms with Gasteiger partial charge in [-0.05, 0) is 6.92 Å². The van der Waals surface area contributed by atoms with Crippen molar-refractivity contribution in [3.8, 4) is 0 Å². The fraction of sp³-hybridized carbons (Fsp3) is 0.750. The first-order chi connectivity index (χ1) is 6.03. The molecule has 1 saturated heterocycles. The van der Waals surface area contributed by atoms with Crippen LogP contribution in [0.25, 0.3) is 0 Å². The first kappa shape index (κ1) is 9.98. The van der Waals surface area contributed by atoms with Gasteiger partial charge in [0.1, 0.15) is 6.29 Å². The fourth-order valence-corrected chi connectivity index (χ4v) is 1.39. The molecular formula is C8H13NO4. The lowest BCUT2D eigenvalue weighted by molar-refractivity contribution is -0.114. The third-order valence-electron chi connectivity index (χ3n) is 2.24. The van der Waals surface area contributed by atoms with E-state index < -0.39 is 23.8 Å². The van der Waals surface area contributed by atoms with Gasteiger partial charge in [-0.25, -0.2) is 4.79 Å². The number of aldehydes is 1. The van der Waals surface area contributed by atoms with E-state index in [0.717, 1.165) is 6.29 Å². The molecule has 1 aliphatic heterocycles. The van der Waals surface area contributed by atoms with Gasteiger partial charge in [0.25, 0.3) is 0 Å². The molecular weight excluding hydrogens is 174 g/mol. The van der Waals surface area contributed by atoms with Crippen molar-refractivity contribution in [2.45, 2.75) is 25.6 Å². The Labute approximate surface area is 76.2 Å². The van der Waals surface area contributed by atoms with Crippen LogP contribution in [0.2, 0.25) is 0 Å². The number of cyclic esters (lactones) is 2. The topological polar surface area (TPSA) is 78.6 Å². The van der Waals surface area contributed by atoms with Crippen molar-refractivity contribution in [1.82, 2.24) is 0 Å². The van der Waals surface area contributed by atoms with Crippen LogP contribution in [0.1, 0.15) is 13.8 Å². The van der Waals surface area contributed by atoms with E-state index in [2.05, 4.69) is 0 Å². The second kappa shape index (κ2) is 3.33. The third-order valence-corrected chi connectivity index (χ3v) is 2.24. The zero-order valence-electron chi connectivity index (χ0n) is 7.65. The Morgan fingerprint density at radius 1 is 1.77 bits per heavy atom. The third kappa shape index (κ3) is 1.65. The standard InChI is InChI=1S/C8H13NO4/c1-5(3-10)6-8(2,4-9)13-7(11)12-6/h3,5-6H,4,9H2,1-2H3/t5-,6+,8?/m1/s1. The van der Waals surface area contributed by atoms with Gasteiger partial charge in [0, 0.05) is 6.54 Å². The van der Waals surface area contributed by atoms with E-state index in [9.17, 15) is 9.59 Å². The van der Waals surface area contributed by atoms with Crippen LogP contribution in [0.3, 0.4) is 0 Å². The zero-order valence-corrected chi connectivity index (χ0v) is 7.65. The monoisotopic (exact) mass is 187 g/mol. The Balaban J connectivity index is 2.83. The highest BCUT2D eigenvalue weighted by atomic mass is 16.8. The summed E-state index contributed by atoms with van der Waals surface area (Å²) in [4.78, 5) is 21.3. The van der Waals surface area contributed by atoms with E-state index >= 15 is 0 Å². The molecule has 0 bridgehead atoms. The molecule has 1 heterocycles. The minimum absolute atomic E-state index is 0.140. The smallest absolute Gasteiger partial charge is 0.426 e. The second-order valence-corrected chi connectivity index (χ2v) is 3.40. The van der Waals surface area contributed by atoms with Gasteiger partial charge < -0.3 is 20.0 Å². The molecule has 0 amide bonds. The Hall–Kier alpha value is -1.10. The molecule has 1 fully saturated rings. The molecule has 1 rings (SSSR count). The first-order valence-electron chi connectivity index (χ1n) is 4.08. The number of nitrogens with two attached hydrogens (primary N) is 1. The van der Waals surface area contributed by atoms with Crippen molar-refractivity contribution in [1.29, 1.82) is 0 Å². The lowest BCUT2D eigenvalue weighted by atomic mass is 9.90. The molecule has 3 atom stereocenters. The Morgan fingerprint density at radius 3 is 2.85 bits per heavy atom. The minimum Gasteiger partial charge on any atom is -0.426 e. The molecule has 13 heavy (non-hydrogen) atoms. The summed E-state index contributed by atoms with van der Waals surface area (Å²) in [5.74, 6) is -0.403. The number of carbonyl (C=O) groups excluding carboxylic acids is 2. The summed E-state index contributed by atoms with van der Waals surface area (Å²) in [5, 5.41) is 0. The Bertz CT molecular complexity index is 230. The normalized spacial score (nSPS) is 35.0. The lowest BCUT2D eigenvalue weighted by Gasteiger charge is -2.26. The summed E-state index contributed by atoms with van der Waals surface area (Å²) in [6.45, 7) is 3.46. The molecule has 1 aliphatic rings. The molecule has 1 unspecified atom stereocenters. The number of hydrogen-bond acceptors (Lipinski definition) is 5. The van der Waals surface area contributed by atoms with Crippen LogP contribution in [0.5, 0.6) is 0 Å². The van der Waals surface area contributed by atoms with Gasteiger partial charge in [-0.15, -0.1) is 0 Å². The molecule has 0 spiro atoms. The summed E-state index contributed by atoms with van der Waals surface area (Å²) in [6, 6.07) is 0. The van der Waals surface area contributed by atoms with Gasteiger partial charge in [0.05, 0.1) is 5.92 Å². The molecule has 0 aromatic heterocycles. The van der Waals surface area contributed by atoms with E-state index in [4.69, 9.17) is 15.2 Å². The molecule has 74 valence electrons. The van der Waals surface area contributed by atoms with E-state index in [-0.39, 0.29) is 6.54 Å². The number of rotatable bonds is 3. The first-order valence-corrected chi connectivity index (χ1v) is 4.08. The van der Waals surface area contributed by atoms with Gasteiger partial charge in [0.2, 0.25) is 0 Å². The van der Waals surface area contributed by atoms with Crippen LogP contribution in [0.15, 0.2) is 0 Å².